The average molecular weight is 380 g/mol. The maximum Gasteiger partial charge on any atom is 0.251 e. The number of hydrogen-bond acceptors (Lipinski definition) is 4. The first-order valence-electron chi connectivity index (χ1n) is 9.98. The van der Waals surface area contributed by atoms with Gasteiger partial charge in [0.25, 0.3) is 5.91 Å². The van der Waals surface area contributed by atoms with Gasteiger partial charge in [0.15, 0.2) is 0 Å². The van der Waals surface area contributed by atoms with Crippen molar-refractivity contribution in [3.8, 4) is 5.75 Å². The molecule has 2 aromatic carbocycles. The molecule has 2 aromatic rings. The van der Waals surface area contributed by atoms with E-state index >= 15 is 0 Å². The highest BCUT2D eigenvalue weighted by Gasteiger charge is 2.34. The van der Waals surface area contributed by atoms with E-state index in [2.05, 4.69) is 24.1 Å². The van der Waals surface area contributed by atoms with E-state index in [1.807, 2.05) is 48.5 Å². The summed E-state index contributed by atoms with van der Waals surface area (Å²) in [5, 5.41) is 3.20. The predicted octanol–water partition coefficient (Wildman–Crippen LogP) is 3.55. The number of ether oxygens (including phenoxy) is 2. The van der Waals surface area contributed by atoms with Crippen LogP contribution in [0.1, 0.15) is 47.8 Å². The second-order valence-electron chi connectivity index (χ2n) is 8.22. The standard InChI is InChI=1S/C23H28N2O3/c1-23(2)15-20(19-5-3-4-6-21(19)28-23)24-22(26)18-9-7-17(8-10-18)16-25-11-13-27-14-12-25/h3-10,20H,11-16H2,1-2H3,(H,24,26)/t20-/m0/s1. The van der Waals surface area contributed by atoms with Gasteiger partial charge in [-0.05, 0) is 37.6 Å². The predicted molar refractivity (Wildman–Crippen MR) is 109 cm³/mol. The summed E-state index contributed by atoms with van der Waals surface area (Å²) >= 11 is 0. The van der Waals surface area contributed by atoms with Crippen molar-refractivity contribution in [2.24, 2.45) is 0 Å². The topological polar surface area (TPSA) is 50.8 Å². The number of rotatable bonds is 4. The zero-order valence-corrected chi connectivity index (χ0v) is 16.6. The number of carbonyl (C=O) groups excluding carboxylic acids is 1. The van der Waals surface area contributed by atoms with Gasteiger partial charge >= 0.3 is 0 Å². The van der Waals surface area contributed by atoms with Crippen LogP contribution in [0.15, 0.2) is 48.5 Å². The molecule has 148 valence electrons. The lowest BCUT2D eigenvalue weighted by atomic mass is 9.89. The molecule has 0 aliphatic carbocycles. The third kappa shape index (κ3) is 4.37. The van der Waals surface area contributed by atoms with Crippen molar-refractivity contribution in [3.05, 3.63) is 65.2 Å². The number of amides is 1. The van der Waals surface area contributed by atoms with Crippen LogP contribution in [-0.2, 0) is 11.3 Å². The Hall–Kier alpha value is -2.37. The number of nitrogens with one attached hydrogen (secondary N) is 1. The van der Waals surface area contributed by atoms with Gasteiger partial charge in [-0.25, -0.2) is 0 Å². The lowest BCUT2D eigenvalue weighted by Crippen LogP contribution is -2.41. The Balaban J connectivity index is 1.43. The van der Waals surface area contributed by atoms with E-state index in [1.54, 1.807) is 0 Å². The molecule has 1 N–H and O–H groups in total. The number of morpholine rings is 1. The Labute approximate surface area is 166 Å². The monoisotopic (exact) mass is 380 g/mol. The first-order valence-corrected chi connectivity index (χ1v) is 9.98. The number of benzene rings is 2. The molecular weight excluding hydrogens is 352 g/mol. The summed E-state index contributed by atoms with van der Waals surface area (Å²) in [5.74, 6) is 0.806. The van der Waals surface area contributed by atoms with Crippen LogP contribution in [0.5, 0.6) is 5.75 Å². The lowest BCUT2D eigenvalue weighted by Gasteiger charge is -2.37. The van der Waals surface area contributed by atoms with Gasteiger partial charge in [0.1, 0.15) is 11.4 Å². The zero-order chi connectivity index (χ0) is 19.6. The quantitative estimate of drug-likeness (QED) is 0.881. The zero-order valence-electron chi connectivity index (χ0n) is 16.6. The van der Waals surface area contributed by atoms with Crippen molar-refractivity contribution in [2.45, 2.75) is 38.5 Å². The molecule has 0 radical (unpaired) electrons. The summed E-state index contributed by atoms with van der Waals surface area (Å²) in [4.78, 5) is 15.2. The minimum absolute atomic E-state index is 0.0459. The minimum Gasteiger partial charge on any atom is -0.487 e. The molecule has 0 bridgehead atoms. The Morgan fingerprint density at radius 2 is 1.82 bits per heavy atom. The summed E-state index contributed by atoms with van der Waals surface area (Å²) in [7, 11) is 0. The second kappa shape index (κ2) is 7.94. The SMILES string of the molecule is CC1(C)C[C@H](NC(=O)c2ccc(CN3CCOCC3)cc2)c2ccccc2O1. The van der Waals surface area contributed by atoms with E-state index in [1.165, 1.54) is 5.56 Å². The van der Waals surface area contributed by atoms with Crippen LogP contribution in [0, 0.1) is 0 Å². The molecule has 1 amide bonds. The van der Waals surface area contributed by atoms with Crippen LogP contribution < -0.4 is 10.1 Å². The number of carbonyl (C=O) groups is 1. The molecule has 0 saturated carbocycles. The van der Waals surface area contributed by atoms with Crippen LogP contribution >= 0.6 is 0 Å². The minimum atomic E-state index is -0.311. The van der Waals surface area contributed by atoms with Crippen LogP contribution in [-0.4, -0.2) is 42.7 Å². The van der Waals surface area contributed by atoms with Gasteiger partial charge in [-0.3, -0.25) is 9.69 Å². The molecular formula is C23H28N2O3. The molecule has 2 aliphatic heterocycles. The first kappa shape index (κ1) is 19.0. The molecule has 28 heavy (non-hydrogen) atoms. The molecule has 5 nitrogen and oxygen atoms in total. The van der Waals surface area contributed by atoms with E-state index in [0.29, 0.717) is 5.56 Å². The van der Waals surface area contributed by atoms with Crippen LogP contribution in [0.25, 0.3) is 0 Å². The van der Waals surface area contributed by atoms with Gasteiger partial charge in [0.05, 0.1) is 19.3 Å². The van der Waals surface area contributed by atoms with Crippen molar-refractivity contribution in [2.75, 3.05) is 26.3 Å². The smallest absolute Gasteiger partial charge is 0.251 e. The summed E-state index contributed by atoms with van der Waals surface area (Å²) in [6.07, 6.45) is 0.741. The molecule has 2 heterocycles. The summed E-state index contributed by atoms with van der Waals surface area (Å²) in [5.41, 5.74) is 2.64. The fourth-order valence-corrected chi connectivity index (χ4v) is 3.95. The molecule has 1 atom stereocenters. The maximum absolute atomic E-state index is 12.9. The van der Waals surface area contributed by atoms with Gasteiger partial charge in [-0.1, -0.05) is 30.3 Å². The van der Waals surface area contributed by atoms with E-state index in [4.69, 9.17) is 9.47 Å². The molecule has 0 spiro atoms. The van der Waals surface area contributed by atoms with E-state index in [0.717, 1.165) is 50.6 Å². The fourth-order valence-electron chi connectivity index (χ4n) is 3.95. The number of fused-ring (bicyclic) bond motifs is 1. The van der Waals surface area contributed by atoms with Crippen molar-refractivity contribution >= 4 is 5.91 Å². The molecule has 5 heteroatoms. The van der Waals surface area contributed by atoms with Gasteiger partial charge in [0, 0.05) is 37.2 Å². The van der Waals surface area contributed by atoms with Gasteiger partial charge in [-0.15, -0.1) is 0 Å². The van der Waals surface area contributed by atoms with Gasteiger partial charge in [0.2, 0.25) is 0 Å². The Kier molecular flexibility index (Phi) is 5.38. The fraction of sp³-hybridized carbons (Fsp3) is 0.435. The highest BCUT2D eigenvalue weighted by molar-refractivity contribution is 5.94. The summed E-state index contributed by atoms with van der Waals surface area (Å²) < 4.78 is 11.5. The molecule has 4 rings (SSSR count). The maximum atomic E-state index is 12.9. The van der Waals surface area contributed by atoms with E-state index < -0.39 is 0 Å². The molecule has 2 aliphatic rings. The Bertz CT molecular complexity index is 826. The summed E-state index contributed by atoms with van der Waals surface area (Å²) in [6, 6.07) is 15.8. The average Bonchev–Trinajstić information content (AvgIpc) is 2.68. The largest absolute Gasteiger partial charge is 0.487 e. The van der Waals surface area contributed by atoms with Crippen molar-refractivity contribution in [3.63, 3.8) is 0 Å². The van der Waals surface area contributed by atoms with E-state index in [-0.39, 0.29) is 17.6 Å². The van der Waals surface area contributed by atoms with Crippen molar-refractivity contribution < 1.29 is 14.3 Å². The van der Waals surface area contributed by atoms with Crippen LogP contribution in [0.3, 0.4) is 0 Å². The van der Waals surface area contributed by atoms with Crippen molar-refractivity contribution in [1.29, 1.82) is 0 Å². The van der Waals surface area contributed by atoms with Crippen molar-refractivity contribution in [1.82, 2.24) is 10.2 Å². The highest BCUT2D eigenvalue weighted by Crippen LogP contribution is 2.39. The normalized spacial score (nSPS) is 21.4. The lowest BCUT2D eigenvalue weighted by molar-refractivity contribution is 0.0342. The number of para-hydroxylation sites is 1. The Morgan fingerprint density at radius 1 is 1.11 bits per heavy atom. The molecule has 0 unspecified atom stereocenters. The second-order valence-corrected chi connectivity index (χ2v) is 8.22. The van der Waals surface area contributed by atoms with E-state index in [9.17, 15) is 4.79 Å². The van der Waals surface area contributed by atoms with Crippen LogP contribution in [0.4, 0.5) is 0 Å². The Morgan fingerprint density at radius 3 is 2.57 bits per heavy atom. The highest BCUT2D eigenvalue weighted by atomic mass is 16.5. The van der Waals surface area contributed by atoms with Gasteiger partial charge < -0.3 is 14.8 Å². The third-order valence-electron chi connectivity index (χ3n) is 5.41. The number of hydrogen-bond donors (Lipinski definition) is 1. The first-order chi connectivity index (χ1) is 13.5. The van der Waals surface area contributed by atoms with Gasteiger partial charge in [-0.2, -0.15) is 0 Å². The third-order valence-corrected chi connectivity index (χ3v) is 5.41. The molecule has 0 aromatic heterocycles. The summed E-state index contributed by atoms with van der Waals surface area (Å²) in [6.45, 7) is 8.52. The number of nitrogens with zero attached hydrogens (tertiary/aromatic N) is 1. The molecule has 1 fully saturated rings. The van der Waals surface area contributed by atoms with Crippen LogP contribution in [0.2, 0.25) is 0 Å². The molecule has 1 saturated heterocycles.